The number of para-hydroxylation sites is 4. The van der Waals surface area contributed by atoms with Crippen molar-refractivity contribution < 1.29 is 18.7 Å². The second kappa shape index (κ2) is 9.22. The Morgan fingerprint density at radius 2 is 1.41 bits per heavy atom. The lowest BCUT2D eigenvalue weighted by molar-refractivity contribution is 0.0948. The average Bonchev–Trinajstić information content (AvgIpc) is 3.21. The van der Waals surface area contributed by atoms with Crippen LogP contribution < -0.4 is 20.1 Å². The molecule has 1 aromatic heterocycles. The number of carbonyl (C=O) groups is 1. The van der Waals surface area contributed by atoms with Gasteiger partial charge in [-0.25, -0.2) is 4.39 Å². The number of ether oxygens (including phenoxy) is 2. The predicted octanol–water partition coefficient (Wildman–Crippen LogP) is 5.22. The molecule has 0 bridgehead atoms. The van der Waals surface area contributed by atoms with Gasteiger partial charge in [-0.2, -0.15) is 4.68 Å². The van der Waals surface area contributed by atoms with Crippen LogP contribution in [-0.2, 0) is 0 Å². The smallest absolute Gasteiger partial charge is 0.280 e. The summed E-state index contributed by atoms with van der Waals surface area (Å²) in [5.41, 5.74) is 1.64. The first-order chi connectivity index (χ1) is 15.6. The highest BCUT2D eigenvalue weighted by Gasteiger charge is 2.18. The standard InChI is InChI=1S/C24H21FN4O3/c1-31-20-9-5-3-7-18(20)26-22-15-23(27-19-8-4-6-10-21(19)32-2)29(28-22)24(30)16-11-13-17(25)14-12-16/h3-15,27H,1-2H3,(H,26,28). The van der Waals surface area contributed by atoms with Gasteiger partial charge in [0.05, 0.1) is 25.6 Å². The number of hydrogen-bond acceptors (Lipinski definition) is 6. The zero-order valence-electron chi connectivity index (χ0n) is 17.5. The lowest BCUT2D eigenvalue weighted by Gasteiger charge is -2.11. The second-order valence-corrected chi connectivity index (χ2v) is 6.79. The van der Waals surface area contributed by atoms with Crippen molar-refractivity contribution in [3.63, 3.8) is 0 Å². The Morgan fingerprint density at radius 3 is 2.00 bits per heavy atom. The number of benzene rings is 3. The topological polar surface area (TPSA) is 77.4 Å². The zero-order valence-corrected chi connectivity index (χ0v) is 17.5. The molecule has 0 aliphatic rings. The summed E-state index contributed by atoms with van der Waals surface area (Å²) < 4.78 is 25.3. The van der Waals surface area contributed by atoms with Gasteiger partial charge >= 0.3 is 0 Å². The number of nitrogens with zero attached hydrogens (tertiary/aromatic N) is 2. The summed E-state index contributed by atoms with van der Waals surface area (Å²) in [5, 5.41) is 10.8. The third-order valence-electron chi connectivity index (χ3n) is 4.73. The number of rotatable bonds is 7. The number of halogens is 1. The third-order valence-corrected chi connectivity index (χ3v) is 4.73. The Labute approximate surface area is 184 Å². The molecule has 0 atom stereocenters. The molecule has 8 heteroatoms. The van der Waals surface area contributed by atoms with Gasteiger partial charge in [-0.1, -0.05) is 24.3 Å². The van der Waals surface area contributed by atoms with Crippen LogP contribution in [0.25, 0.3) is 0 Å². The Balaban J connectivity index is 1.74. The Kier molecular flexibility index (Phi) is 6.03. The molecular formula is C24H21FN4O3. The minimum atomic E-state index is -0.423. The number of anilines is 4. The molecule has 162 valence electrons. The van der Waals surface area contributed by atoms with E-state index < -0.39 is 11.7 Å². The van der Waals surface area contributed by atoms with Gasteiger partial charge in [0.15, 0.2) is 5.82 Å². The minimum absolute atomic E-state index is 0.293. The van der Waals surface area contributed by atoms with E-state index in [0.717, 1.165) is 0 Å². The Hall–Kier alpha value is -4.33. The largest absolute Gasteiger partial charge is 0.495 e. The van der Waals surface area contributed by atoms with Gasteiger partial charge in [-0.15, -0.1) is 5.10 Å². The minimum Gasteiger partial charge on any atom is -0.495 e. The number of carbonyl (C=O) groups excluding carboxylic acids is 1. The normalized spacial score (nSPS) is 10.5. The van der Waals surface area contributed by atoms with Gasteiger partial charge < -0.3 is 20.1 Å². The van der Waals surface area contributed by atoms with Gasteiger partial charge in [0.2, 0.25) is 0 Å². The molecule has 0 saturated carbocycles. The van der Waals surface area contributed by atoms with Gasteiger partial charge in [-0.3, -0.25) is 4.79 Å². The van der Waals surface area contributed by atoms with E-state index in [2.05, 4.69) is 15.7 Å². The second-order valence-electron chi connectivity index (χ2n) is 6.79. The van der Waals surface area contributed by atoms with E-state index in [1.807, 2.05) is 42.5 Å². The molecule has 0 saturated heterocycles. The molecule has 4 aromatic rings. The fourth-order valence-corrected chi connectivity index (χ4v) is 3.17. The van der Waals surface area contributed by atoms with E-state index in [9.17, 15) is 9.18 Å². The van der Waals surface area contributed by atoms with Crippen molar-refractivity contribution >= 4 is 28.9 Å². The lowest BCUT2D eigenvalue weighted by Crippen LogP contribution is -2.16. The first kappa shape index (κ1) is 20.9. The van der Waals surface area contributed by atoms with Crippen LogP contribution in [0.4, 0.5) is 27.4 Å². The molecule has 0 aliphatic heterocycles. The maximum absolute atomic E-state index is 13.3. The van der Waals surface area contributed by atoms with Gasteiger partial charge in [0.1, 0.15) is 23.1 Å². The maximum Gasteiger partial charge on any atom is 0.280 e. The lowest BCUT2D eigenvalue weighted by atomic mass is 10.2. The summed E-state index contributed by atoms with van der Waals surface area (Å²) in [6.07, 6.45) is 0. The molecule has 1 heterocycles. The third kappa shape index (κ3) is 4.39. The summed E-state index contributed by atoms with van der Waals surface area (Å²) in [4.78, 5) is 13.2. The zero-order chi connectivity index (χ0) is 22.5. The van der Waals surface area contributed by atoms with Crippen molar-refractivity contribution in [3.8, 4) is 11.5 Å². The summed E-state index contributed by atoms with van der Waals surface area (Å²) in [5.74, 6) is 1.21. The molecule has 7 nitrogen and oxygen atoms in total. The van der Waals surface area contributed by atoms with Crippen molar-refractivity contribution in [1.29, 1.82) is 0 Å². The maximum atomic E-state index is 13.3. The predicted molar refractivity (Wildman–Crippen MR) is 121 cm³/mol. The molecule has 2 N–H and O–H groups in total. The molecule has 0 radical (unpaired) electrons. The van der Waals surface area contributed by atoms with Crippen molar-refractivity contribution in [2.75, 3.05) is 24.9 Å². The van der Waals surface area contributed by atoms with Gasteiger partial charge in [0, 0.05) is 11.6 Å². The average molecular weight is 432 g/mol. The van der Waals surface area contributed by atoms with Crippen LogP contribution in [0.1, 0.15) is 10.4 Å². The summed E-state index contributed by atoms with van der Waals surface area (Å²) in [7, 11) is 3.14. The molecule has 3 aromatic carbocycles. The summed E-state index contributed by atoms with van der Waals surface area (Å²) in [6, 6.07) is 21.7. The first-order valence-electron chi connectivity index (χ1n) is 9.79. The molecular weight excluding hydrogens is 411 g/mol. The van der Waals surface area contributed by atoms with Crippen LogP contribution in [0.3, 0.4) is 0 Å². The highest BCUT2D eigenvalue weighted by molar-refractivity contribution is 5.98. The first-order valence-corrected chi connectivity index (χ1v) is 9.79. The Morgan fingerprint density at radius 1 is 0.844 bits per heavy atom. The van der Waals surface area contributed by atoms with E-state index in [0.29, 0.717) is 40.1 Å². The molecule has 0 fully saturated rings. The highest BCUT2D eigenvalue weighted by Crippen LogP contribution is 2.31. The van der Waals surface area contributed by atoms with Crippen molar-refractivity contribution in [3.05, 3.63) is 90.2 Å². The van der Waals surface area contributed by atoms with E-state index in [1.54, 1.807) is 26.4 Å². The Bertz CT molecular complexity index is 1240. The highest BCUT2D eigenvalue weighted by atomic mass is 19.1. The number of methoxy groups -OCH3 is 2. The van der Waals surface area contributed by atoms with E-state index in [4.69, 9.17) is 9.47 Å². The molecule has 0 amide bonds. The van der Waals surface area contributed by atoms with Crippen LogP contribution in [0.2, 0.25) is 0 Å². The molecule has 4 rings (SSSR count). The quantitative estimate of drug-likeness (QED) is 0.417. The summed E-state index contributed by atoms with van der Waals surface area (Å²) in [6.45, 7) is 0. The molecule has 0 unspecified atom stereocenters. The summed E-state index contributed by atoms with van der Waals surface area (Å²) >= 11 is 0. The monoisotopic (exact) mass is 432 g/mol. The van der Waals surface area contributed by atoms with Crippen LogP contribution >= 0.6 is 0 Å². The number of aromatic nitrogens is 2. The van der Waals surface area contributed by atoms with Crippen LogP contribution in [-0.4, -0.2) is 29.9 Å². The van der Waals surface area contributed by atoms with E-state index in [-0.39, 0.29) is 0 Å². The molecule has 0 spiro atoms. The van der Waals surface area contributed by atoms with Gasteiger partial charge in [0.25, 0.3) is 5.91 Å². The van der Waals surface area contributed by atoms with E-state index in [1.165, 1.54) is 28.9 Å². The molecule has 32 heavy (non-hydrogen) atoms. The molecule has 0 aliphatic carbocycles. The fourth-order valence-electron chi connectivity index (χ4n) is 3.17. The van der Waals surface area contributed by atoms with Crippen molar-refractivity contribution in [2.45, 2.75) is 0 Å². The van der Waals surface area contributed by atoms with Crippen LogP contribution in [0, 0.1) is 5.82 Å². The van der Waals surface area contributed by atoms with E-state index >= 15 is 0 Å². The van der Waals surface area contributed by atoms with Gasteiger partial charge in [-0.05, 0) is 48.5 Å². The van der Waals surface area contributed by atoms with Crippen molar-refractivity contribution in [1.82, 2.24) is 9.78 Å². The number of hydrogen-bond donors (Lipinski definition) is 2. The van der Waals surface area contributed by atoms with Crippen molar-refractivity contribution in [2.24, 2.45) is 0 Å². The number of nitrogens with one attached hydrogen (secondary N) is 2. The van der Waals surface area contributed by atoms with Crippen LogP contribution in [0.15, 0.2) is 78.9 Å². The fraction of sp³-hybridized carbons (Fsp3) is 0.0833. The SMILES string of the molecule is COc1ccccc1Nc1cc(Nc2ccccc2OC)n(C(=O)c2ccc(F)cc2)n1. The van der Waals surface area contributed by atoms with Crippen LogP contribution in [0.5, 0.6) is 11.5 Å².